The normalized spacial score (nSPS) is 44.5. The third-order valence-corrected chi connectivity index (χ3v) is 18.4. The highest BCUT2D eigenvalue weighted by Crippen LogP contribution is 2.48. The van der Waals surface area contributed by atoms with Crippen LogP contribution >= 0.6 is 11.6 Å². The van der Waals surface area contributed by atoms with Crippen molar-refractivity contribution in [1.29, 1.82) is 0 Å². The van der Waals surface area contributed by atoms with Crippen molar-refractivity contribution in [2.75, 3.05) is 7.11 Å². The van der Waals surface area contributed by atoms with Crippen molar-refractivity contribution in [2.24, 2.45) is 23.7 Å². The van der Waals surface area contributed by atoms with Crippen molar-refractivity contribution in [1.82, 2.24) is 0 Å². The van der Waals surface area contributed by atoms with Gasteiger partial charge in [-0.15, -0.1) is 0 Å². The molecule has 85 heavy (non-hydrogen) atoms. The number of aliphatic hydroxyl groups excluding tert-OH is 5. The lowest BCUT2D eigenvalue weighted by Gasteiger charge is -2.52. The van der Waals surface area contributed by atoms with Crippen LogP contribution in [0, 0.1) is 23.7 Å². The molecule has 22 heteroatoms. The highest BCUT2D eigenvalue weighted by Gasteiger charge is 2.58. The summed E-state index contributed by atoms with van der Waals surface area (Å²) < 4.78 is 63.4. The number of hydrogen-bond donors (Lipinski definition) is 7. The molecule has 0 saturated carbocycles. The Morgan fingerprint density at radius 2 is 1.47 bits per heavy atom. The number of carbonyl (C=O) groups is 4. The number of ether oxygens (including phenoxy) is 10. The summed E-state index contributed by atoms with van der Waals surface area (Å²) in [6, 6.07) is 0. The van der Waals surface area contributed by atoms with Crippen molar-refractivity contribution >= 4 is 35.3 Å². The van der Waals surface area contributed by atoms with Gasteiger partial charge in [-0.05, 0) is 51.5 Å². The van der Waals surface area contributed by atoms with Gasteiger partial charge in [0.05, 0.1) is 85.1 Å². The first kappa shape index (κ1) is 69.0. The zero-order valence-electron chi connectivity index (χ0n) is 50.7. The monoisotopic (exact) mass is 1220 g/mol. The summed E-state index contributed by atoms with van der Waals surface area (Å²) in [5, 5.41) is 82.6. The molecule has 21 nitrogen and oxygen atoms in total. The number of rotatable bonds is 9. The minimum atomic E-state index is -2.40. The molecule has 7 heterocycles. The second kappa shape index (κ2) is 29.0. The van der Waals surface area contributed by atoms with Gasteiger partial charge in [-0.25, -0.2) is 0 Å². The molecule has 7 rings (SSSR count). The van der Waals surface area contributed by atoms with Crippen LogP contribution in [0.4, 0.5) is 0 Å². The molecule has 10 bridgehead atoms. The number of esters is 3. The van der Waals surface area contributed by atoms with E-state index in [0.717, 1.165) is 0 Å². The number of hydrogen-bond acceptors (Lipinski definition) is 21. The van der Waals surface area contributed by atoms with E-state index in [4.69, 9.17) is 59.0 Å². The largest absolute Gasteiger partial charge is 0.462 e. The maximum absolute atomic E-state index is 14.5. The Hall–Kier alpha value is -3.49. The molecule has 0 amide bonds. The number of halogens is 1. The Morgan fingerprint density at radius 1 is 0.812 bits per heavy atom. The Kier molecular flexibility index (Phi) is 23.5. The molecule has 6 saturated heterocycles. The maximum Gasteiger partial charge on any atom is 0.308 e. The zero-order valence-corrected chi connectivity index (χ0v) is 51.5. The molecule has 0 radical (unpaired) electrons. The molecule has 6 fully saturated rings. The molecular weight excluding hydrogens is 1130 g/mol. The van der Waals surface area contributed by atoms with Crippen LogP contribution in [0.5, 0.6) is 0 Å². The van der Waals surface area contributed by atoms with E-state index in [2.05, 4.69) is 19.7 Å². The molecule has 0 aromatic carbocycles. The van der Waals surface area contributed by atoms with E-state index in [9.17, 15) is 54.9 Å². The molecule has 24 atom stereocenters. The van der Waals surface area contributed by atoms with E-state index >= 15 is 0 Å². The summed E-state index contributed by atoms with van der Waals surface area (Å²) in [7, 11) is 1.57. The molecule has 0 aromatic heterocycles. The van der Waals surface area contributed by atoms with Gasteiger partial charge in [0, 0.05) is 108 Å². The van der Waals surface area contributed by atoms with Gasteiger partial charge in [0.2, 0.25) is 0 Å². The van der Waals surface area contributed by atoms with Gasteiger partial charge in [-0.2, -0.15) is 0 Å². The SMILES string of the molecule is C=C(Cl)/C=C/[C@@H](O)CC(=C)C[C@H]1O[C@@H]2[C@H](C)[C@@H](OC(=O)C[C@H]3C[C@H](OC(C)=O)C[C@@]4(C[C@@](C)(O)C[C@H](CC(=C)[C@@H](C)[C@H](OC(C)=O)[C@H](C)C(=O)C[C@@H]5C[C@H](OC)C[C@@]6(C[C@@H](O)C[C@H](/C=C\CCC[C@H]7O[C@](O)(C[C@H](O)[C@H]7C)[C@H]2O)O6)O5)O4)O3)[C@@H]1O. The molecule has 0 unspecified atom stereocenters. The van der Waals surface area contributed by atoms with E-state index in [1.165, 1.54) is 26.0 Å². The van der Waals surface area contributed by atoms with Gasteiger partial charge in [0.1, 0.15) is 36.3 Å². The first-order valence-corrected chi connectivity index (χ1v) is 30.7. The van der Waals surface area contributed by atoms with Crippen LogP contribution in [-0.4, -0.2) is 187 Å². The average Bonchev–Trinajstić information content (AvgIpc) is 1.35. The van der Waals surface area contributed by atoms with Crippen LogP contribution in [0.15, 0.2) is 60.2 Å². The van der Waals surface area contributed by atoms with E-state index in [0.29, 0.717) is 43.3 Å². The Bertz CT molecular complexity index is 2430. The highest BCUT2D eigenvalue weighted by molar-refractivity contribution is 6.30. The molecule has 2 spiro atoms. The number of ketones is 1. The van der Waals surface area contributed by atoms with Gasteiger partial charge < -0.3 is 83.1 Å². The molecule has 480 valence electrons. The Morgan fingerprint density at radius 3 is 2.15 bits per heavy atom. The van der Waals surface area contributed by atoms with Gasteiger partial charge in [0.25, 0.3) is 0 Å². The standard InChI is InChI=1S/C63H95ClO21/c1-33(19-42(67)18-17-35(3)64)20-53-55(72)57-39(7)58(79-53)59(73)63(75)31-51(70)37(5)52(85-63)16-14-12-13-15-44-22-43(68)27-61(81-44)29-47(76-11)23-45(82-61)25-50(69)38(6)56(78-41(9)66)36(4)34(2)21-49-28-60(10,74)32-62(84-49)30-48(77-40(8)65)24-46(83-62)26-54(71)80-57/h13,15,17-18,36-39,42-49,51-53,55-59,67-68,70,72-75H,1-3,12,14,16,19-32H2,4-11H3/b15-13-,18-17+/t36-,37-,38-,39-,42-,43+,44+,45+,46-,47+,48+,49+,51+,52-,53-,55-,56+,57-,58-,59+,60+,61-,62-,63-/m1/s1. The smallest absolute Gasteiger partial charge is 0.308 e. The van der Waals surface area contributed by atoms with E-state index in [-0.39, 0.29) is 81.1 Å². The highest BCUT2D eigenvalue weighted by atomic mass is 35.5. The zero-order chi connectivity index (χ0) is 62.5. The summed E-state index contributed by atoms with van der Waals surface area (Å²) in [6.45, 7) is 23.1. The van der Waals surface area contributed by atoms with Crippen LogP contribution in [0.2, 0.25) is 0 Å². The van der Waals surface area contributed by atoms with Crippen LogP contribution < -0.4 is 0 Å². The number of Topliss-reactive ketones (excluding diaryl/α,β-unsaturated/α-hetero) is 1. The first-order chi connectivity index (χ1) is 39.8. The predicted octanol–water partition coefficient (Wildman–Crippen LogP) is 5.91. The Labute approximate surface area is 505 Å². The quantitative estimate of drug-likeness (QED) is 0.0611. The van der Waals surface area contributed by atoms with Gasteiger partial charge in [0.15, 0.2) is 17.4 Å². The fourth-order valence-electron chi connectivity index (χ4n) is 14.1. The summed E-state index contributed by atoms with van der Waals surface area (Å²) in [5.74, 6) is -10.7. The fourth-order valence-corrected chi connectivity index (χ4v) is 14.2. The van der Waals surface area contributed by atoms with E-state index < -0.39 is 169 Å². The number of methoxy groups -OCH3 is 1. The van der Waals surface area contributed by atoms with Crippen molar-refractivity contribution in [3.63, 3.8) is 0 Å². The van der Waals surface area contributed by atoms with Crippen LogP contribution in [0.1, 0.15) is 158 Å². The number of carbonyl (C=O) groups excluding carboxylic acids is 4. The van der Waals surface area contributed by atoms with Crippen LogP contribution in [0.3, 0.4) is 0 Å². The van der Waals surface area contributed by atoms with E-state index in [1.54, 1.807) is 41.7 Å². The predicted molar refractivity (Wildman–Crippen MR) is 308 cm³/mol. The molecule has 0 aliphatic carbocycles. The van der Waals surface area contributed by atoms with E-state index in [1.807, 2.05) is 12.2 Å². The number of allylic oxidation sites excluding steroid dienone is 3. The van der Waals surface area contributed by atoms with Crippen molar-refractivity contribution in [3.05, 3.63) is 60.2 Å². The lowest BCUT2D eigenvalue weighted by atomic mass is 9.78. The minimum absolute atomic E-state index is 0.00321. The molecule has 7 aliphatic rings. The third-order valence-electron chi connectivity index (χ3n) is 18.3. The van der Waals surface area contributed by atoms with Crippen LogP contribution in [0.25, 0.3) is 0 Å². The van der Waals surface area contributed by atoms with Crippen LogP contribution in [-0.2, 0) is 66.5 Å². The lowest BCUT2D eigenvalue weighted by molar-refractivity contribution is -0.351. The van der Waals surface area contributed by atoms with Gasteiger partial charge in [-0.1, -0.05) is 88.4 Å². The average molecular weight is 1220 g/mol. The maximum atomic E-state index is 14.5. The topological polar surface area (TPSA) is 302 Å². The lowest BCUT2D eigenvalue weighted by Crippen LogP contribution is -2.65. The van der Waals surface area contributed by atoms with Gasteiger partial charge in [-0.3, -0.25) is 19.2 Å². The molecule has 7 N–H and O–H groups in total. The summed E-state index contributed by atoms with van der Waals surface area (Å²) in [5.41, 5.74) is -0.508. The fraction of sp³-hybridized carbons (Fsp3) is 0.778. The van der Waals surface area contributed by atoms with Crippen molar-refractivity contribution in [2.45, 2.75) is 278 Å². The van der Waals surface area contributed by atoms with Gasteiger partial charge >= 0.3 is 17.9 Å². The second-order valence-electron chi connectivity index (χ2n) is 25.9. The number of aliphatic hydroxyl groups is 7. The Balaban J connectivity index is 1.22. The van der Waals surface area contributed by atoms with Crippen molar-refractivity contribution in [3.8, 4) is 0 Å². The summed E-state index contributed by atoms with van der Waals surface area (Å²) in [4.78, 5) is 54.3. The first-order valence-electron chi connectivity index (χ1n) is 30.3. The summed E-state index contributed by atoms with van der Waals surface area (Å²) in [6.07, 6.45) is -8.69. The molecular formula is C63H95ClO21. The third kappa shape index (κ3) is 18.1. The van der Waals surface area contributed by atoms with Crippen molar-refractivity contribution < 1.29 is 102 Å². The minimum Gasteiger partial charge on any atom is -0.462 e. The molecule has 0 aromatic rings. The number of fused-ring (bicyclic) bond motifs is 8. The second-order valence-corrected chi connectivity index (χ2v) is 26.4. The summed E-state index contributed by atoms with van der Waals surface area (Å²) >= 11 is 5.89. The molecule has 7 aliphatic heterocycles.